The van der Waals surface area contributed by atoms with Crippen molar-refractivity contribution in [3.63, 3.8) is 0 Å². The Morgan fingerprint density at radius 1 is 1.43 bits per heavy atom. The molecule has 0 bridgehead atoms. The third kappa shape index (κ3) is 1.74. The van der Waals surface area contributed by atoms with Gasteiger partial charge in [0.2, 0.25) is 11.8 Å². The van der Waals surface area contributed by atoms with Crippen molar-refractivity contribution >= 4 is 11.8 Å². The average molecular weight is 198 g/mol. The van der Waals surface area contributed by atoms with Gasteiger partial charge in [-0.1, -0.05) is 20.8 Å². The van der Waals surface area contributed by atoms with Crippen LogP contribution < -0.4 is 5.32 Å². The number of carbonyl (C=O) groups is 2. The molecule has 0 radical (unpaired) electrons. The zero-order valence-electron chi connectivity index (χ0n) is 9.20. The number of piperazine rings is 1. The molecule has 2 atom stereocenters. The summed E-state index contributed by atoms with van der Waals surface area (Å²) in [5.41, 5.74) is 0. The van der Waals surface area contributed by atoms with E-state index in [4.69, 9.17) is 0 Å². The highest BCUT2D eigenvalue weighted by atomic mass is 16.2. The Labute approximate surface area is 84.7 Å². The van der Waals surface area contributed by atoms with Crippen molar-refractivity contribution in [2.45, 2.75) is 39.3 Å². The molecular formula is C10H18N2O2. The Morgan fingerprint density at radius 3 is 2.43 bits per heavy atom. The van der Waals surface area contributed by atoms with Crippen LogP contribution in [0.4, 0.5) is 0 Å². The molecule has 0 spiro atoms. The third-order valence-corrected chi connectivity index (χ3v) is 2.73. The van der Waals surface area contributed by atoms with E-state index >= 15 is 0 Å². The SMILES string of the molecule is CCC1C(=O)NC(C(C)C)C(=O)N1C. The molecule has 1 saturated heterocycles. The number of nitrogens with one attached hydrogen (secondary N) is 1. The molecule has 0 aliphatic carbocycles. The largest absolute Gasteiger partial charge is 0.342 e. The Morgan fingerprint density at radius 2 is 2.00 bits per heavy atom. The number of amides is 2. The normalized spacial score (nSPS) is 28.2. The second-order valence-corrected chi connectivity index (χ2v) is 4.10. The van der Waals surface area contributed by atoms with Crippen molar-refractivity contribution in [2.75, 3.05) is 7.05 Å². The van der Waals surface area contributed by atoms with E-state index < -0.39 is 0 Å². The summed E-state index contributed by atoms with van der Waals surface area (Å²) < 4.78 is 0. The maximum Gasteiger partial charge on any atom is 0.245 e. The number of likely N-dealkylation sites (N-methyl/N-ethyl adjacent to an activating group) is 1. The van der Waals surface area contributed by atoms with Gasteiger partial charge < -0.3 is 10.2 Å². The number of hydrogen-bond donors (Lipinski definition) is 1. The molecule has 1 aliphatic heterocycles. The van der Waals surface area contributed by atoms with Gasteiger partial charge in [0.15, 0.2) is 0 Å². The Hall–Kier alpha value is -1.06. The van der Waals surface area contributed by atoms with Gasteiger partial charge in [0.1, 0.15) is 12.1 Å². The minimum atomic E-state index is -0.352. The lowest BCUT2D eigenvalue weighted by molar-refractivity contribution is -0.149. The van der Waals surface area contributed by atoms with E-state index in [2.05, 4.69) is 5.32 Å². The Balaban J connectivity index is 2.83. The predicted octanol–water partition coefficient (Wildman–Crippen LogP) is 0.378. The minimum Gasteiger partial charge on any atom is -0.342 e. The van der Waals surface area contributed by atoms with E-state index in [1.165, 1.54) is 0 Å². The smallest absolute Gasteiger partial charge is 0.245 e. The highest BCUT2D eigenvalue weighted by Gasteiger charge is 2.38. The summed E-state index contributed by atoms with van der Waals surface area (Å²) in [6, 6.07) is -0.646. The van der Waals surface area contributed by atoms with Crippen LogP contribution in [0, 0.1) is 5.92 Å². The van der Waals surface area contributed by atoms with Crippen LogP contribution in [-0.4, -0.2) is 35.8 Å². The zero-order chi connectivity index (χ0) is 10.9. The summed E-state index contributed by atoms with van der Waals surface area (Å²) in [5.74, 6) is 0.131. The molecule has 2 amide bonds. The lowest BCUT2D eigenvalue weighted by Crippen LogP contribution is -2.63. The van der Waals surface area contributed by atoms with E-state index in [1.807, 2.05) is 20.8 Å². The van der Waals surface area contributed by atoms with E-state index in [0.29, 0.717) is 6.42 Å². The molecule has 2 unspecified atom stereocenters. The quantitative estimate of drug-likeness (QED) is 0.697. The first-order chi connectivity index (χ1) is 6.49. The summed E-state index contributed by atoms with van der Waals surface area (Å²) in [7, 11) is 1.70. The first-order valence-corrected chi connectivity index (χ1v) is 5.06. The molecule has 1 aliphatic rings. The fourth-order valence-electron chi connectivity index (χ4n) is 1.77. The molecule has 1 fully saturated rings. The van der Waals surface area contributed by atoms with Crippen molar-refractivity contribution in [1.82, 2.24) is 10.2 Å². The highest BCUT2D eigenvalue weighted by Crippen LogP contribution is 2.15. The summed E-state index contributed by atoms with van der Waals surface area (Å²) in [6.07, 6.45) is 0.666. The van der Waals surface area contributed by atoms with E-state index in [9.17, 15) is 9.59 Å². The van der Waals surface area contributed by atoms with Gasteiger partial charge in [-0.25, -0.2) is 0 Å². The van der Waals surface area contributed by atoms with Gasteiger partial charge in [0, 0.05) is 7.05 Å². The zero-order valence-corrected chi connectivity index (χ0v) is 9.20. The first-order valence-electron chi connectivity index (χ1n) is 5.06. The van der Waals surface area contributed by atoms with Gasteiger partial charge in [-0.3, -0.25) is 9.59 Å². The lowest BCUT2D eigenvalue weighted by atomic mass is 9.97. The molecule has 0 saturated carbocycles. The van der Waals surface area contributed by atoms with Gasteiger partial charge in [-0.2, -0.15) is 0 Å². The molecule has 1 N–H and O–H groups in total. The summed E-state index contributed by atoms with van der Waals surface area (Å²) in [4.78, 5) is 24.9. The molecule has 4 heteroatoms. The van der Waals surface area contributed by atoms with E-state index in [1.54, 1.807) is 11.9 Å². The van der Waals surface area contributed by atoms with Crippen LogP contribution in [-0.2, 0) is 9.59 Å². The maximum atomic E-state index is 11.8. The van der Waals surface area contributed by atoms with Crippen molar-refractivity contribution < 1.29 is 9.59 Å². The molecular weight excluding hydrogens is 180 g/mol. The predicted molar refractivity (Wildman–Crippen MR) is 53.6 cm³/mol. The second kappa shape index (κ2) is 3.98. The number of hydrogen-bond acceptors (Lipinski definition) is 2. The molecule has 1 heterocycles. The van der Waals surface area contributed by atoms with Gasteiger partial charge in [0.25, 0.3) is 0 Å². The van der Waals surface area contributed by atoms with Crippen LogP contribution in [0.2, 0.25) is 0 Å². The number of carbonyl (C=O) groups excluding carboxylic acids is 2. The third-order valence-electron chi connectivity index (χ3n) is 2.73. The topological polar surface area (TPSA) is 49.4 Å². The lowest BCUT2D eigenvalue weighted by Gasteiger charge is -2.37. The fourth-order valence-corrected chi connectivity index (χ4v) is 1.77. The first kappa shape index (κ1) is 11.0. The number of rotatable bonds is 2. The molecule has 14 heavy (non-hydrogen) atoms. The average Bonchev–Trinajstić information content (AvgIpc) is 2.12. The molecule has 4 nitrogen and oxygen atoms in total. The van der Waals surface area contributed by atoms with Crippen molar-refractivity contribution in [3.8, 4) is 0 Å². The number of nitrogens with zero attached hydrogens (tertiary/aromatic N) is 1. The van der Waals surface area contributed by atoms with Crippen LogP contribution in [0.5, 0.6) is 0 Å². The van der Waals surface area contributed by atoms with Crippen LogP contribution in [0.15, 0.2) is 0 Å². The Bertz CT molecular complexity index is 251. The summed E-state index contributed by atoms with van der Waals surface area (Å²) in [6.45, 7) is 5.77. The van der Waals surface area contributed by atoms with Crippen molar-refractivity contribution in [2.24, 2.45) is 5.92 Å². The molecule has 0 aromatic rings. The second-order valence-electron chi connectivity index (χ2n) is 4.10. The van der Waals surface area contributed by atoms with E-state index in [-0.39, 0.29) is 29.8 Å². The Kier molecular flexibility index (Phi) is 3.13. The molecule has 0 aromatic heterocycles. The molecule has 1 rings (SSSR count). The summed E-state index contributed by atoms with van der Waals surface area (Å²) >= 11 is 0. The van der Waals surface area contributed by atoms with Crippen molar-refractivity contribution in [1.29, 1.82) is 0 Å². The molecule has 80 valence electrons. The van der Waals surface area contributed by atoms with Crippen LogP contribution in [0.25, 0.3) is 0 Å². The van der Waals surface area contributed by atoms with Crippen molar-refractivity contribution in [3.05, 3.63) is 0 Å². The van der Waals surface area contributed by atoms with Gasteiger partial charge in [0.05, 0.1) is 0 Å². The van der Waals surface area contributed by atoms with Crippen LogP contribution in [0.3, 0.4) is 0 Å². The summed E-state index contributed by atoms with van der Waals surface area (Å²) in [5, 5.41) is 2.77. The fraction of sp³-hybridized carbons (Fsp3) is 0.800. The monoisotopic (exact) mass is 198 g/mol. The van der Waals surface area contributed by atoms with Crippen LogP contribution in [0.1, 0.15) is 27.2 Å². The van der Waals surface area contributed by atoms with E-state index in [0.717, 1.165) is 0 Å². The minimum absolute atomic E-state index is 0.0199. The highest BCUT2D eigenvalue weighted by molar-refractivity contribution is 5.96. The molecule has 0 aromatic carbocycles. The standard InChI is InChI=1S/C10H18N2O2/c1-5-7-9(13)11-8(6(2)3)10(14)12(7)4/h6-8H,5H2,1-4H3,(H,11,13). The van der Waals surface area contributed by atoms with Gasteiger partial charge >= 0.3 is 0 Å². The van der Waals surface area contributed by atoms with Gasteiger partial charge in [-0.05, 0) is 12.3 Å². The van der Waals surface area contributed by atoms with Crippen LogP contribution >= 0.6 is 0 Å². The van der Waals surface area contributed by atoms with Gasteiger partial charge in [-0.15, -0.1) is 0 Å². The maximum absolute atomic E-state index is 11.8.